The Morgan fingerprint density at radius 2 is 1.63 bits per heavy atom. The highest BCUT2D eigenvalue weighted by Gasteiger charge is 2.19. The van der Waals surface area contributed by atoms with E-state index in [1.165, 1.54) is 5.56 Å². The van der Waals surface area contributed by atoms with E-state index in [9.17, 15) is 4.79 Å². The van der Waals surface area contributed by atoms with Crippen molar-refractivity contribution < 1.29 is 14.3 Å². The second-order valence-electron chi connectivity index (χ2n) is 7.23. The van der Waals surface area contributed by atoms with Crippen LogP contribution in [0, 0.1) is 6.92 Å². The molecule has 0 aliphatic heterocycles. The lowest BCUT2D eigenvalue weighted by atomic mass is 10.1. The number of nitrogens with one attached hydrogen (secondary N) is 1. The average Bonchev–Trinajstić information content (AvgIpc) is 2.78. The van der Waals surface area contributed by atoms with Crippen molar-refractivity contribution in [3.8, 4) is 11.5 Å². The van der Waals surface area contributed by atoms with Crippen LogP contribution < -0.4 is 14.8 Å². The summed E-state index contributed by atoms with van der Waals surface area (Å²) < 4.78 is 11.7. The third-order valence-electron chi connectivity index (χ3n) is 4.87. The molecule has 1 atom stereocenters. The minimum absolute atomic E-state index is 0.155. The summed E-state index contributed by atoms with van der Waals surface area (Å²) in [6, 6.07) is 25.6. The molecule has 1 unspecified atom stereocenters. The van der Waals surface area contributed by atoms with Gasteiger partial charge >= 0.3 is 0 Å². The monoisotopic (exact) mass is 403 g/mol. The van der Waals surface area contributed by atoms with Gasteiger partial charge in [-0.05, 0) is 67.6 Å². The third kappa shape index (κ3) is 6.38. The molecule has 0 spiro atoms. The first-order valence-corrected chi connectivity index (χ1v) is 10.5. The summed E-state index contributed by atoms with van der Waals surface area (Å²) in [4.78, 5) is 12.6. The molecule has 156 valence electrons. The molecule has 4 nitrogen and oxygen atoms in total. The lowest BCUT2D eigenvalue weighted by Gasteiger charge is -2.18. The van der Waals surface area contributed by atoms with Crippen LogP contribution in [-0.2, 0) is 11.2 Å². The van der Waals surface area contributed by atoms with Gasteiger partial charge in [-0.3, -0.25) is 4.79 Å². The van der Waals surface area contributed by atoms with E-state index in [0.717, 1.165) is 35.6 Å². The largest absolute Gasteiger partial charge is 0.494 e. The Morgan fingerprint density at radius 1 is 0.933 bits per heavy atom. The lowest BCUT2D eigenvalue weighted by molar-refractivity contribution is -0.122. The van der Waals surface area contributed by atoms with E-state index < -0.39 is 6.10 Å². The van der Waals surface area contributed by atoms with Crippen LogP contribution in [0.5, 0.6) is 11.5 Å². The zero-order valence-electron chi connectivity index (χ0n) is 17.6. The first-order valence-electron chi connectivity index (χ1n) is 10.5. The number of aryl methyl sites for hydroxylation is 2. The standard InChI is InChI=1S/C26H29NO3/c1-3-24(30-25-14-8-7-10-20(25)2)26(28)27-22-15-17-23(18-16-22)29-19-9-13-21-11-5-4-6-12-21/h4-8,10-12,14-18,24H,3,9,13,19H2,1-2H3,(H,27,28). The van der Waals surface area contributed by atoms with E-state index in [1.807, 2.05) is 68.4 Å². The van der Waals surface area contributed by atoms with Gasteiger partial charge in [0.05, 0.1) is 6.61 Å². The molecular weight excluding hydrogens is 374 g/mol. The molecule has 3 aromatic carbocycles. The van der Waals surface area contributed by atoms with E-state index in [2.05, 4.69) is 29.6 Å². The van der Waals surface area contributed by atoms with E-state index in [4.69, 9.17) is 9.47 Å². The summed E-state index contributed by atoms with van der Waals surface area (Å²) in [6.45, 7) is 4.57. The predicted molar refractivity (Wildman–Crippen MR) is 121 cm³/mol. The predicted octanol–water partition coefficient (Wildman–Crippen LogP) is 5.80. The maximum atomic E-state index is 12.6. The number of carbonyl (C=O) groups excluding carboxylic acids is 1. The number of rotatable bonds is 10. The molecule has 0 bridgehead atoms. The van der Waals surface area contributed by atoms with Gasteiger partial charge in [0, 0.05) is 5.69 Å². The van der Waals surface area contributed by atoms with Crippen LogP contribution in [0.25, 0.3) is 0 Å². The Morgan fingerprint density at radius 3 is 2.33 bits per heavy atom. The highest BCUT2D eigenvalue weighted by Crippen LogP contribution is 2.21. The van der Waals surface area contributed by atoms with Gasteiger partial charge < -0.3 is 14.8 Å². The molecule has 3 rings (SSSR count). The van der Waals surface area contributed by atoms with E-state index >= 15 is 0 Å². The summed E-state index contributed by atoms with van der Waals surface area (Å²) in [5.74, 6) is 1.38. The van der Waals surface area contributed by atoms with Crippen LogP contribution in [0.4, 0.5) is 5.69 Å². The first kappa shape index (κ1) is 21.4. The van der Waals surface area contributed by atoms with Crippen LogP contribution in [0.15, 0.2) is 78.9 Å². The molecule has 30 heavy (non-hydrogen) atoms. The van der Waals surface area contributed by atoms with Gasteiger partial charge in [-0.1, -0.05) is 55.5 Å². The highest BCUT2D eigenvalue weighted by atomic mass is 16.5. The second kappa shape index (κ2) is 11.1. The van der Waals surface area contributed by atoms with Crippen LogP contribution in [0.3, 0.4) is 0 Å². The number of carbonyl (C=O) groups is 1. The van der Waals surface area contributed by atoms with Gasteiger partial charge in [0.2, 0.25) is 0 Å². The molecule has 0 saturated heterocycles. The molecule has 0 heterocycles. The van der Waals surface area contributed by atoms with Crippen molar-refractivity contribution in [2.24, 2.45) is 0 Å². The number of hydrogen-bond acceptors (Lipinski definition) is 3. The summed E-state index contributed by atoms with van der Waals surface area (Å²) >= 11 is 0. The van der Waals surface area contributed by atoms with Crippen LogP contribution >= 0.6 is 0 Å². The molecular formula is C26H29NO3. The fraction of sp³-hybridized carbons (Fsp3) is 0.269. The molecule has 0 aromatic heterocycles. The number of hydrogen-bond donors (Lipinski definition) is 1. The molecule has 4 heteroatoms. The van der Waals surface area contributed by atoms with Crippen molar-refractivity contribution in [3.05, 3.63) is 90.0 Å². The number of amides is 1. The Hall–Kier alpha value is -3.27. The SMILES string of the molecule is CCC(Oc1ccccc1C)C(=O)Nc1ccc(OCCCc2ccccc2)cc1. The Kier molecular flexibility index (Phi) is 7.90. The zero-order chi connectivity index (χ0) is 21.2. The van der Waals surface area contributed by atoms with Gasteiger partial charge in [0.15, 0.2) is 6.10 Å². The quantitative estimate of drug-likeness (QED) is 0.435. The number of para-hydroxylation sites is 1. The van der Waals surface area contributed by atoms with Crippen molar-refractivity contribution in [1.29, 1.82) is 0 Å². The molecule has 0 aliphatic carbocycles. The van der Waals surface area contributed by atoms with Crippen LogP contribution in [0.2, 0.25) is 0 Å². The van der Waals surface area contributed by atoms with Gasteiger partial charge in [0.1, 0.15) is 11.5 Å². The Labute approximate surface area is 178 Å². The molecule has 3 aromatic rings. The molecule has 0 saturated carbocycles. The smallest absolute Gasteiger partial charge is 0.265 e. The number of ether oxygens (including phenoxy) is 2. The van der Waals surface area contributed by atoms with Crippen LogP contribution in [0.1, 0.15) is 30.9 Å². The Bertz CT molecular complexity index is 923. The highest BCUT2D eigenvalue weighted by molar-refractivity contribution is 5.94. The molecule has 1 amide bonds. The summed E-state index contributed by atoms with van der Waals surface area (Å²) in [7, 11) is 0. The third-order valence-corrected chi connectivity index (χ3v) is 4.87. The van der Waals surface area contributed by atoms with Crippen molar-refractivity contribution in [3.63, 3.8) is 0 Å². The first-order chi connectivity index (χ1) is 14.7. The fourth-order valence-electron chi connectivity index (χ4n) is 3.13. The van der Waals surface area contributed by atoms with Gasteiger partial charge in [-0.25, -0.2) is 0 Å². The van der Waals surface area contributed by atoms with E-state index in [1.54, 1.807) is 0 Å². The summed E-state index contributed by atoms with van der Waals surface area (Å²) in [6.07, 6.45) is 1.99. The van der Waals surface area contributed by atoms with Crippen molar-refractivity contribution in [1.82, 2.24) is 0 Å². The van der Waals surface area contributed by atoms with Gasteiger partial charge in [-0.15, -0.1) is 0 Å². The maximum Gasteiger partial charge on any atom is 0.265 e. The van der Waals surface area contributed by atoms with Gasteiger partial charge in [0.25, 0.3) is 5.91 Å². The maximum absolute atomic E-state index is 12.6. The average molecular weight is 404 g/mol. The van der Waals surface area contributed by atoms with E-state index in [0.29, 0.717) is 13.0 Å². The molecule has 0 radical (unpaired) electrons. The minimum atomic E-state index is -0.542. The normalized spacial score (nSPS) is 11.5. The number of anilines is 1. The summed E-state index contributed by atoms with van der Waals surface area (Å²) in [5.41, 5.74) is 3.05. The van der Waals surface area contributed by atoms with Gasteiger partial charge in [-0.2, -0.15) is 0 Å². The zero-order valence-corrected chi connectivity index (χ0v) is 17.6. The van der Waals surface area contributed by atoms with Crippen LogP contribution in [-0.4, -0.2) is 18.6 Å². The second-order valence-corrected chi connectivity index (χ2v) is 7.23. The van der Waals surface area contributed by atoms with Crippen molar-refractivity contribution >= 4 is 11.6 Å². The Balaban J connectivity index is 1.46. The summed E-state index contributed by atoms with van der Waals surface area (Å²) in [5, 5.41) is 2.93. The fourth-order valence-corrected chi connectivity index (χ4v) is 3.13. The lowest BCUT2D eigenvalue weighted by Crippen LogP contribution is -2.32. The van der Waals surface area contributed by atoms with Crippen molar-refractivity contribution in [2.45, 2.75) is 39.2 Å². The minimum Gasteiger partial charge on any atom is -0.494 e. The topological polar surface area (TPSA) is 47.6 Å². The molecule has 0 aliphatic rings. The van der Waals surface area contributed by atoms with Crippen molar-refractivity contribution in [2.75, 3.05) is 11.9 Å². The van der Waals surface area contributed by atoms with E-state index in [-0.39, 0.29) is 5.91 Å². The molecule has 0 fully saturated rings. The molecule has 1 N–H and O–H groups in total. The number of benzene rings is 3.